The summed E-state index contributed by atoms with van der Waals surface area (Å²) in [6.07, 6.45) is 0.589. The number of benzene rings is 2. The summed E-state index contributed by atoms with van der Waals surface area (Å²) in [5.74, 6) is -0.766. The van der Waals surface area contributed by atoms with Crippen molar-refractivity contribution in [2.45, 2.75) is 45.6 Å². The molecule has 1 aliphatic carbocycles. The molecule has 1 unspecified atom stereocenters. The van der Waals surface area contributed by atoms with Gasteiger partial charge in [-0.2, -0.15) is 0 Å². The van der Waals surface area contributed by atoms with Crippen LogP contribution in [-0.2, 0) is 14.3 Å². The molecule has 3 rings (SSSR count). The van der Waals surface area contributed by atoms with Crippen LogP contribution in [0.5, 0.6) is 0 Å². The highest BCUT2D eigenvalue weighted by molar-refractivity contribution is 7.99. The van der Waals surface area contributed by atoms with Crippen molar-refractivity contribution in [3.8, 4) is 11.1 Å². The van der Waals surface area contributed by atoms with Crippen LogP contribution in [0.25, 0.3) is 11.1 Å². The Bertz CT molecular complexity index is 1000. The molecule has 0 bridgehead atoms. The molecule has 0 spiro atoms. The summed E-state index contributed by atoms with van der Waals surface area (Å²) < 4.78 is 5.62. The molecule has 8 heteroatoms. The highest BCUT2D eigenvalue weighted by Crippen LogP contribution is 2.44. The maximum atomic E-state index is 12.8. The molecule has 0 fully saturated rings. The van der Waals surface area contributed by atoms with Crippen molar-refractivity contribution >= 4 is 29.7 Å². The number of hydrogen-bond acceptors (Lipinski definition) is 5. The van der Waals surface area contributed by atoms with Crippen molar-refractivity contribution in [2.24, 2.45) is 5.41 Å². The van der Waals surface area contributed by atoms with Gasteiger partial charge in [-0.25, -0.2) is 4.79 Å². The van der Waals surface area contributed by atoms with Crippen molar-refractivity contribution in [1.29, 1.82) is 0 Å². The summed E-state index contributed by atoms with van der Waals surface area (Å²) in [6.45, 7) is 6.75. The lowest BCUT2D eigenvalue weighted by Gasteiger charge is -2.24. The third kappa shape index (κ3) is 7.75. The number of carboxylic acids is 1. The number of aliphatic carboxylic acids is 1. The predicted molar refractivity (Wildman–Crippen MR) is 139 cm³/mol. The first-order valence-electron chi connectivity index (χ1n) is 11.8. The Morgan fingerprint density at radius 1 is 1.03 bits per heavy atom. The van der Waals surface area contributed by atoms with Crippen molar-refractivity contribution < 1.29 is 24.2 Å². The molecule has 0 aliphatic heterocycles. The Morgan fingerprint density at radius 3 is 2.20 bits per heavy atom. The maximum Gasteiger partial charge on any atom is 0.407 e. The van der Waals surface area contributed by atoms with Crippen LogP contribution in [0.4, 0.5) is 4.79 Å². The SMILES string of the molecule is CC(C)(C)CCC(NC(=O)OCC1c2ccccc2-c2ccccc21)C(=O)NCCSCC(=O)O. The number of thioether (sulfide) groups is 1. The minimum absolute atomic E-state index is 0.00127. The first kappa shape index (κ1) is 26.6. The molecule has 2 aromatic carbocycles. The van der Waals surface area contributed by atoms with E-state index in [9.17, 15) is 14.4 Å². The molecule has 0 saturated carbocycles. The lowest BCUT2D eigenvalue weighted by molar-refractivity contribution is -0.133. The van der Waals surface area contributed by atoms with Crippen LogP contribution < -0.4 is 10.6 Å². The molecule has 2 aromatic rings. The second-order valence-corrected chi connectivity index (χ2v) is 11.0. The highest BCUT2D eigenvalue weighted by Gasteiger charge is 2.30. The summed E-state index contributed by atoms with van der Waals surface area (Å²) in [6, 6.07) is 15.5. The zero-order valence-corrected chi connectivity index (χ0v) is 21.3. The van der Waals surface area contributed by atoms with Crippen LogP contribution >= 0.6 is 11.8 Å². The van der Waals surface area contributed by atoms with Gasteiger partial charge >= 0.3 is 12.1 Å². The molecule has 0 aromatic heterocycles. The van der Waals surface area contributed by atoms with Gasteiger partial charge in [-0.15, -0.1) is 11.8 Å². The smallest absolute Gasteiger partial charge is 0.407 e. The van der Waals surface area contributed by atoms with E-state index in [4.69, 9.17) is 9.84 Å². The number of amides is 2. The van der Waals surface area contributed by atoms with Gasteiger partial charge in [0.15, 0.2) is 0 Å². The monoisotopic (exact) mass is 498 g/mol. The van der Waals surface area contributed by atoms with E-state index in [1.165, 1.54) is 11.8 Å². The minimum atomic E-state index is -0.888. The van der Waals surface area contributed by atoms with Crippen LogP contribution in [0.1, 0.15) is 50.7 Å². The molecule has 1 atom stereocenters. The minimum Gasteiger partial charge on any atom is -0.481 e. The second-order valence-electron chi connectivity index (χ2n) is 9.86. The number of carbonyl (C=O) groups is 3. The van der Waals surface area contributed by atoms with E-state index >= 15 is 0 Å². The van der Waals surface area contributed by atoms with E-state index in [2.05, 4.69) is 55.7 Å². The van der Waals surface area contributed by atoms with E-state index in [-0.39, 0.29) is 29.6 Å². The molecule has 188 valence electrons. The van der Waals surface area contributed by atoms with Crippen molar-refractivity contribution in [3.05, 3.63) is 59.7 Å². The molecule has 35 heavy (non-hydrogen) atoms. The van der Waals surface area contributed by atoms with Gasteiger partial charge in [0, 0.05) is 18.2 Å². The maximum absolute atomic E-state index is 12.8. The molecular weight excluding hydrogens is 464 g/mol. The zero-order chi connectivity index (χ0) is 25.4. The average molecular weight is 499 g/mol. The first-order valence-corrected chi connectivity index (χ1v) is 13.0. The lowest BCUT2D eigenvalue weighted by atomic mass is 9.88. The summed E-state index contributed by atoms with van der Waals surface area (Å²) in [5.41, 5.74) is 4.56. The number of carbonyl (C=O) groups excluding carboxylic acids is 2. The fraction of sp³-hybridized carbons (Fsp3) is 0.444. The van der Waals surface area contributed by atoms with Gasteiger partial charge < -0.3 is 20.5 Å². The fourth-order valence-electron chi connectivity index (χ4n) is 4.16. The Labute approximate surface area is 211 Å². The van der Waals surface area contributed by atoms with Gasteiger partial charge in [-0.3, -0.25) is 9.59 Å². The Kier molecular flexibility index (Phi) is 9.20. The van der Waals surface area contributed by atoms with E-state index in [0.717, 1.165) is 28.7 Å². The van der Waals surface area contributed by atoms with Crippen LogP contribution in [0.2, 0.25) is 0 Å². The molecule has 0 radical (unpaired) electrons. The highest BCUT2D eigenvalue weighted by atomic mass is 32.2. The number of carboxylic acid groups (broad SMARTS) is 1. The molecule has 3 N–H and O–H groups in total. The number of ether oxygens (including phenoxy) is 1. The topological polar surface area (TPSA) is 105 Å². The number of fused-ring (bicyclic) bond motifs is 3. The normalized spacial score (nSPS) is 13.5. The Balaban J connectivity index is 1.59. The van der Waals surface area contributed by atoms with Gasteiger partial charge in [0.1, 0.15) is 12.6 Å². The summed E-state index contributed by atoms with van der Waals surface area (Å²) >= 11 is 1.23. The van der Waals surface area contributed by atoms with E-state index in [1.54, 1.807) is 0 Å². The summed E-state index contributed by atoms with van der Waals surface area (Å²) in [7, 11) is 0. The third-order valence-electron chi connectivity index (χ3n) is 5.91. The molecule has 0 saturated heterocycles. The zero-order valence-electron chi connectivity index (χ0n) is 20.5. The number of hydrogen-bond donors (Lipinski definition) is 3. The van der Waals surface area contributed by atoms with Crippen LogP contribution in [0.3, 0.4) is 0 Å². The molecule has 0 heterocycles. The fourth-order valence-corrected chi connectivity index (χ4v) is 4.72. The number of alkyl carbamates (subject to hydrolysis) is 1. The predicted octanol–water partition coefficient (Wildman–Crippen LogP) is 4.65. The first-order chi connectivity index (χ1) is 16.7. The second kappa shape index (κ2) is 12.1. The van der Waals surface area contributed by atoms with Crippen molar-refractivity contribution in [1.82, 2.24) is 10.6 Å². The summed E-state index contributed by atoms with van der Waals surface area (Å²) in [5, 5.41) is 14.3. The number of nitrogens with one attached hydrogen (secondary N) is 2. The molecule has 1 aliphatic rings. The van der Waals surface area contributed by atoms with Crippen molar-refractivity contribution in [3.63, 3.8) is 0 Å². The van der Waals surface area contributed by atoms with Crippen LogP contribution in [0.15, 0.2) is 48.5 Å². The number of rotatable bonds is 11. The lowest BCUT2D eigenvalue weighted by Crippen LogP contribution is -2.48. The van der Waals surface area contributed by atoms with Crippen LogP contribution in [-0.4, -0.2) is 53.8 Å². The molecule has 7 nitrogen and oxygen atoms in total. The molecular formula is C27H34N2O5S. The van der Waals surface area contributed by atoms with Gasteiger partial charge in [-0.1, -0.05) is 69.3 Å². The Morgan fingerprint density at radius 2 is 1.63 bits per heavy atom. The van der Waals surface area contributed by atoms with Gasteiger partial charge in [-0.05, 0) is 40.5 Å². The standard InChI is InChI=1S/C27H34N2O5S/c1-27(2,3)13-12-23(25(32)28-14-15-35-17-24(30)31)29-26(33)34-16-22-20-10-6-4-8-18(20)19-9-5-7-11-21(19)22/h4-11,22-23H,12-17H2,1-3H3,(H,28,32)(H,29,33)(H,30,31). The van der Waals surface area contributed by atoms with Crippen LogP contribution in [0, 0.1) is 5.41 Å². The Hall–Kier alpha value is -3.00. The largest absolute Gasteiger partial charge is 0.481 e. The quantitative estimate of drug-likeness (QED) is 0.390. The van der Waals surface area contributed by atoms with Gasteiger partial charge in [0.2, 0.25) is 5.91 Å². The average Bonchev–Trinajstić information content (AvgIpc) is 3.13. The van der Waals surface area contributed by atoms with E-state index < -0.39 is 18.1 Å². The summed E-state index contributed by atoms with van der Waals surface area (Å²) in [4.78, 5) is 36.1. The third-order valence-corrected chi connectivity index (χ3v) is 6.85. The van der Waals surface area contributed by atoms with E-state index in [1.807, 2.05) is 24.3 Å². The molecule has 2 amide bonds. The van der Waals surface area contributed by atoms with E-state index in [0.29, 0.717) is 18.7 Å². The van der Waals surface area contributed by atoms with Crippen molar-refractivity contribution in [2.75, 3.05) is 24.7 Å². The van der Waals surface area contributed by atoms with Gasteiger partial charge in [0.25, 0.3) is 0 Å². The van der Waals surface area contributed by atoms with Gasteiger partial charge in [0.05, 0.1) is 5.75 Å².